The standard InChI is InChI=1S/C24H25N5O3/c1-2-32-24(31)19-9-3-4-10-21(19)26-23(30)18-8-6-14-29(16-18)22-12-11-20(27-28-22)17-7-5-13-25-15-17/h3-5,7,9-13,15,18H,2,6,8,14,16H2,1H3,(H,26,30). The van der Waals surface area contributed by atoms with Crippen LogP contribution in [0, 0.1) is 5.92 Å². The summed E-state index contributed by atoms with van der Waals surface area (Å²) in [5.74, 6) is -0.0510. The number of amides is 1. The van der Waals surface area contributed by atoms with Crippen LogP contribution in [0.25, 0.3) is 11.3 Å². The Labute approximate surface area is 186 Å². The third-order valence-corrected chi connectivity index (χ3v) is 5.40. The van der Waals surface area contributed by atoms with E-state index >= 15 is 0 Å². The highest BCUT2D eigenvalue weighted by molar-refractivity contribution is 6.02. The zero-order valence-corrected chi connectivity index (χ0v) is 17.9. The maximum absolute atomic E-state index is 13.0. The van der Waals surface area contributed by atoms with E-state index in [1.54, 1.807) is 43.6 Å². The van der Waals surface area contributed by atoms with Crippen molar-refractivity contribution in [2.45, 2.75) is 19.8 Å². The second-order valence-corrected chi connectivity index (χ2v) is 7.56. The Bertz CT molecular complexity index is 1070. The molecule has 1 aromatic carbocycles. The van der Waals surface area contributed by atoms with E-state index in [-0.39, 0.29) is 18.4 Å². The van der Waals surface area contributed by atoms with Crippen molar-refractivity contribution in [3.05, 3.63) is 66.5 Å². The molecule has 8 heteroatoms. The van der Waals surface area contributed by atoms with E-state index in [0.29, 0.717) is 17.8 Å². The van der Waals surface area contributed by atoms with Gasteiger partial charge in [-0.15, -0.1) is 10.2 Å². The van der Waals surface area contributed by atoms with Crippen LogP contribution in [-0.2, 0) is 9.53 Å². The molecule has 1 unspecified atom stereocenters. The Morgan fingerprint density at radius 1 is 1.12 bits per heavy atom. The third kappa shape index (κ3) is 4.91. The lowest BCUT2D eigenvalue weighted by Crippen LogP contribution is -2.41. The van der Waals surface area contributed by atoms with Crippen molar-refractivity contribution in [3.63, 3.8) is 0 Å². The molecule has 1 N–H and O–H groups in total. The zero-order chi connectivity index (χ0) is 22.3. The summed E-state index contributed by atoms with van der Waals surface area (Å²) in [6.45, 7) is 3.37. The molecule has 1 aliphatic rings. The Morgan fingerprint density at radius 3 is 2.75 bits per heavy atom. The van der Waals surface area contributed by atoms with Crippen LogP contribution in [0.4, 0.5) is 11.5 Å². The summed E-state index contributed by atoms with van der Waals surface area (Å²) in [6, 6.07) is 14.5. The number of ether oxygens (including phenoxy) is 1. The van der Waals surface area contributed by atoms with Crippen LogP contribution in [0.3, 0.4) is 0 Å². The highest BCUT2D eigenvalue weighted by atomic mass is 16.5. The lowest BCUT2D eigenvalue weighted by Gasteiger charge is -2.32. The predicted molar refractivity (Wildman–Crippen MR) is 121 cm³/mol. The molecule has 1 aliphatic heterocycles. The average Bonchev–Trinajstić information content (AvgIpc) is 2.85. The first-order chi connectivity index (χ1) is 15.7. The summed E-state index contributed by atoms with van der Waals surface area (Å²) in [7, 11) is 0. The van der Waals surface area contributed by atoms with Gasteiger partial charge in [0.05, 0.1) is 29.5 Å². The molecule has 1 atom stereocenters. The fourth-order valence-electron chi connectivity index (χ4n) is 3.78. The average molecular weight is 431 g/mol. The second kappa shape index (κ2) is 10.00. The van der Waals surface area contributed by atoms with Gasteiger partial charge < -0.3 is 15.0 Å². The van der Waals surface area contributed by atoms with E-state index in [1.807, 2.05) is 24.3 Å². The highest BCUT2D eigenvalue weighted by Gasteiger charge is 2.27. The number of aromatic nitrogens is 3. The highest BCUT2D eigenvalue weighted by Crippen LogP contribution is 2.25. The van der Waals surface area contributed by atoms with Crippen molar-refractivity contribution in [1.82, 2.24) is 15.2 Å². The molecule has 8 nitrogen and oxygen atoms in total. The Hall–Kier alpha value is -3.81. The van der Waals surface area contributed by atoms with E-state index in [1.165, 1.54) is 0 Å². The normalized spacial score (nSPS) is 15.8. The van der Waals surface area contributed by atoms with Gasteiger partial charge in [0.1, 0.15) is 0 Å². The molecular formula is C24H25N5O3. The molecular weight excluding hydrogens is 406 g/mol. The largest absolute Gasteiger partial charge is 0.462 e. The first-order valence-electron chi connectivity index (χ1n) is 10.7. The number of nitrogens with one attached hydrogen (secondary N) is 1. The smallest absolute Gasteiger partial charge is 0.340 e. The van der Waals surface area contributed by atoms with Crippen molar-refractivity contribution in [3.8, 4) is 11.3 Å². The van der Waals surface area contributed by atoms with Crippen LogP contribution in [0.2, 0.25) is 0 Å². The van der Waals surface area contributed by atoms with Crippen molar-refractivity contribution in [1.29, 1.82) is 0 Å². The van der Waals surface area contributed by atoms with Gasteiger partial charge >= 0.3 is 5.97 Å². The lowest BCUT2D eigenvalue weighted by atomic mass is 9.96. The third-order valence-electron chi connectivity index (χ3n) is 5.40. The van der Waals surface area contributed by atoms with Gasteiger partial charge in [-0.3, -0.25) is 9.78 Å². The summed E-state index contributed by atoms with van der Waals surface area (Å²) < 4.78 is 5.09. The summed E-state index contributed by atoms with van der Waals surface area (Å²) in [5, 5.41) is 11.6. The number of para-hydroxylation sites is 1. The van der Waals surface area contributed by atoms with Gasteiger partial charge in [0.25, 0.3) is 0 Å². The number of hydrogen-bond donors (Lipinski definition) is 1. The molecule has 0 saturated carbocycles. The number of esters is 1. The maximum atomic E-state index is 13.0. The van der Waals surface area contributed by atoms with Crippen molar-refractivity contribution < 1.29 is 14.3 Å². The number of carbonyl (C=O) groups is 2. The summed E-state index contributed by atoms with van der Waals surface area (Å²) in [4.78, 5) is 31.4. The number of rotatable bonds is 6. The SMILES string of the molecule is CCOC(=O)c1ccccc1NC(=O)C1CCCN(c2ccc(-c3cccnc3)nn2)C1. The minimum absolute atomic E-state index is 0.119. The number of carbonyl (C=O) groups excluding carboxylic acids is 2. The first kappa shape index (κ1) is 21.4. The van der Waals surface area contributed by atoms with Crippen LogP contribution in [0.1, 0.15) is 30.1 Å². The van der Waals surface area contributed by atoms with Crippen LogP contribution in [-0.4, -0.2) is 46.8 Å². The van der Waals surface area contributed by atoms with E-state index in [4.69, 9.17) is 4.74 Å². The number of benzene rings is 1. The van der Waals surface area contributed by atoms with Crippen molar-refractivity contribution in [2.24, 2.45) is 5.92 Å². The van der Waals surface area contributed by atoms with Gasteiger partial charge in [-0.1, -0.05) is 12.1 Å². The first-order valence-corrected chi connectivity index (χ1v) is 10.7. The van der Waals surface area contributed by atoms with Crippen molar-refractivity contribution >= 4 is 23.4 Å². The van der Waals surface area contributed by atoms with Gasteiger partial charge in [0, 0.05) is 31.0 Å². The summed E-state index contributed by atoms with van der Waals surface area (Å²) >= 11 is 0. The van der Waals surface area contributed by atoms with Gasteiger partial charge in [-0.05, 0) is 56.2 Å². The topological polar surface area (TPSA) is 97.3 Å². The molecule has 32 heavy (non-hydrogen) atoms. The fourth-order valence-corrected chi connectivity index (χ4v) is 3.78. The molecule has 0 bridgehead atoms. The number of nitrogens with zero attached hydrogens (tertiary/aromatic N) is 4. The molecule has 3 aromatic rings. The number of hydrogen-bond acceptors (Lipinski definition) is 7. The van der Waals surface area contributed by atoms with Gasteiger partial charge in [-0.2, -0.15) is 0 Å². The summed E-state index contributed by atoms with van der Waals surface area (Å²) in [5.41, 5.74) is 2.48. The number of piperidine rings is 1. The molecule has 0 aliphatic carbocycles. The van der Waals surface area contributed by atoms with Gasteiger partial charge in [0.15, 0.2) is 5.82 Å². The monoisotopic (exact) mass is 431 g/mol. The summed E-state index contributed by atoms with van der Waals surface area (Å²) in [6.07, 6.45) is 5.10. The quantitative estimate of drug-likeness (QED) is 0.596. The second-order valence-electron chi connectivity index (χ2n) is 7.56. The predicted octanol–water partition coefficient (Wildman–Crippen LogP) is 3.57. The van der Waals surface area contributed by atoms with Crippen LogP contribution < -0.4 is 10.2 Å². The van der Waals surface area contributed by atoms with Gasteiger partial charge in [-0.25, -0.2) is 4.79 Å². The molecule has 0 radical (unpaired) electrons. The minimum atomic E-state index is -0.447. The molecule has 4 rings (SSSR count). The van der Waals surface area contributed by atoms with Crippen LogP contribution >= 0.6 is 0 Å². The maximum Gasteiger partial charge on any atom is 0.340 e. The molecule has 3 heterocycles. The number of anilines is 2. The van der Waals surface area contributed by atoms with E-state index in [0.717, 1.165) is 36.5 Å². The lowest BCUT2D eigenvalue weighted by molar-refractivity contribution is -0.120. The molecule has 0 spiro atoms. The molecule has 164 valence electrons. The van der Waals surface area contributed by atoms with E-state index in [9.17, 15) is 9.59 Å². The van der Waals surface area contributed by atoms with Gasteiger partial charge in [0.2, 0.25) is 5.91 Å². The van der Waals surface area contributed by atoms with Crippen LogP contribution in [0.5, 0.6) is 0 Å². The number of pyridine rings is 1. The van der Waals surface area contributed by atoms with Crippen molar-refractivity contribution in [2.75, 3.05) is 29.9 Å². The molecule has 1 fully saturated rings. The zero-order valence-electron chi connectivity index (χ0n) is 17.9. The minimum Gasteiger partial charge on any atom is -0.462 e. The Kier molecular flexibility index (Phi) is 6.69. The Morgan fingerprint density at radius 2 is 2.00 bits per heavy atom. The fraction of sp³-hybridized carbons (Fsp3) is 0.292. The van der Waals surface area contributed by atoms with E-state index in [2.05, 4.69) is 25.4 Å². The van der Waals surface area contributed by atoms with E-state index < -0.39 is 5.97 Å². The molecule has 1 amide bonds. The molecule has 2 aromatic heterocycles. The Balaban J connectivity index is 1.43. The molecule has 1 saturated heterocycles. The van der Waals surface area contributed by atoms with Crippen LogP contribution in [0.15, 0.2) is 60.9 Å².